The number of aryl methyl sites for hydroxylation is 1. The highest BCUT2D eigenvalue weighted by Gasteiger charge is 2.28. The number of halogens is 1. The minimum Gasteiger partial charge on any atom is -0.399 e. The number of carbonyl (C=O) groups is 1. The lowest BCUT2D eigenvalue weighted by Crippen LogP contribution is -2.34. The standard InChI is InChI=1S/C15H21FN2O2/c1-10-8-11(17)9-12(13(10)16)14(19)18-6-3-4-15(2,20)5-7-18/h8-9,20H,3-7,17H2,1-2H3. The van der Waals surface area contributed by atoms with Gasteiger partial charge in [0.1, 0.15) is 5.82 Å². The van der Waals surface area contributed by atoms with Crippen LogP contribution in [0.25, 0.3) is 0 Å². The summed E-state index contributed by atoms with van der Waals surface area (Å²) in [6.07, 6.45) is 1.86. The largest absolute Gasteiger partial charge is 0.399 e. The maximum absolute atomic E-state index is 14.1. The van der Waals surface area contributed by atoms with Crippen molar-refractivity contribution < 1.29 is 14.3 Å². The van der Waals surface area contributed by atoms with Crippen molar-refractivity contribution in [3.8, 4) is 0 Å². The zero-order valence-electron chi connectivity index (χ0n) is 11.9. The fourth-order valence-electron chi connectivity index (χ4n) is 2.59. The third-order valence-corrected chi connectivity index (χ3v) is 3.86. The lowest BCUT2D eigenvalue weighted by molar-refractivity contribution is 0.0437. The number of likely N-dealkylation sites (tertiary alicyclic amines) is 1. The molecule has 1 aromatic carbocycles. The van der Waals surface area contributed by atoms with Crippen LogP contribution in [0.3, 0.4) is 0 Å². The summed E-state index contributed by atoms with van der Waals surface area (Å²) < 4.78 is 14.1. The van der Waals surface area contributed by atoms with Gasteiger partial charge < -0.3 is 15.7 Å². The van der Waals surface area contributed by atoms with Crippen molar-refractivity contribution >= 4 is 11.6 Å². The van der Waals surface area contributed by atoms with E-state index < -0.39 is 11.4 Å². The molecule has 4 nitrogen and oxygen atoms in total. The molecule has 1 saturated heterocycles. The minimum absolute atomic E-state index is 0.0176. The van der Waals surface area contributed by atoms with Crippen LogP contribution in [0.4, 0.5) is 10.1 Å². The molecule has 3 N–H and O–H groups in total. The van der Waals surface area contributed by atoms with Crippen molar-refractivity contribution in [3.63, 3.8) is 0 Å². The number of anilines is 1. The van der Waals surface area contributed by atoms with Crippen molar-refractivity contribution in [2.75, 3.05) is 18.8 Å². The fourth-order valence-corrected chi connectivity index (χ4v) is 2.59. The molecular formula is C15H21FN2O2. The van der Waals surface area contributed by atoms with Crippen molar-refractivity contribution in [1.82, 2.24) is 4.90 Å². The van der Waals surface area contributed by atoms with E-state index in [4.69, 9.17) is 5.73 Å². The molecule has 1 heterocycles. The molecule has 1 unspecified atom stereocenters. The average molecular weight is 280 g/mol. The summed E-state index contributed by atoms with van der Waals surface area (Å²) in [6, 6.07) is 2.90. The highest BCUT2D eigenvalue weighted by atomic mass is 19.1. The van der Waals surface area contributed by atoms with Crippen LogP contribution < -0.4 is 5.73 Å². The molecule has 0 aromatic heterocycles. The molecule has 2 rings (SSSR count). The Bertz CT molecular complexity index is 529. The molecule has 110 valence electrons. The topological polar surface area (TPSA) is 66.6 Å². The minimum atomic E-state index is -0.751. The van der Waals surface area contributed by atoms with Crippen LogP contribution in [-0.4, -0.2) is 34.6 Å². The lowest BCUT2D eigenvalue weighted by atomic mass is 9.98. The van der Waals surface area contributed by atoms with Gasteiger partial charge in [0, 0.05) is 18.8 Å². The average Bonchev–Trinajstić information content (AvgIpc) is 2.54. The summed E-state index contributed by atoms with van der Waals surface area (Å²) in [5.41, 5.74) is 5.71. The van der Waals surface area contributed by atoms with E-state index in [1.165, 1.54) is 12.1 Å². The Balaban J connectivity index is 2.23. The zero-order valence-corrected chi connectivity index (χ0v) is 11.9. The monoisotopic (exact) mass is 280 g/mol. The third-order valence-electron chi connectivity index (χ3n) is 3.86. The predicted molar refractivity (Wildman–Crippen MR) is 75.9 cm³/mol. The Morgan fingerprint density at radius 1 is 1.40 bits per heavy atom. The van der Waals surface area contributed by atoms with E-state index in [2.05, 4.69) is 0 Å². The number of nitrogen functional groups attached to an aromatic ring is 1. The van der Waals surface area contributed by atoms with Gasteiger partial charge in [0.05, 0.1) is 11.2 Å². The third kappa shape index (κ3) is 3.10. The van der Waals surface area contributed by atoms with Gasteiger partial charge in [-0.2, -0.15) is 0 Å². The van der Waals surface area contributed by atoms with Gasteiger partial charge in [-0.05, 0) is 50.8 Å². The summed E-state index contributed by atoms with van der Waals surface area (Å²) in [5.74, 6) is -0.865. The van der Waals surface area contributed by atoms with Crippen molar-refractivity contribution in [2.24, 2.45) is 0 Å². The van der Waals surface area contributed by atoms with E-state index >= 15 is 0 Å². The van der Waals surface area contributed by atoms with Crippen LogP contribution in [0.1, 0.15) is 42.1 Å². The molecule has 0 radical (unpaired) electrons. The number of nitrogens with zero attached hydrogens (tertiary/aromatic N) is 1. The fraction of sp³-hybridized carbons (Fsp3) is 0.533. The van der Waals surface area contributed by atoms with Crippen LogP contribution in [0.2, 0.25) is 0 Å². The van der Waals surface area contributed by atoms with Crippen LogP contribution in [0.5, 0.6) is 0 Å². The molecule has 0 spiro atoms. The second kappa shape index (κ2) is 5.40. The Labute approximate surface area is 118 Å². The number of nitrogens with two attached hydrogens (primary N) is 1. The SMILES string of the molecule is Cc1cc(N)cc(C(=O)N2CCCC(C)(O)CC2)c1F. The molecule has 1 amide bonds. The van der Waals surface area contributed by atoms with E-state index in [0.29, 0.717) is 43.6 Å². The van der Waals surface area contributed by atoms with Crippen molar-refractivity contribution in [3.05, 3.63) is 29.1 Å². The summed E-state index contributed by atoms with van der Waals surface area (Å²) in [5, 5.41) is 10.0. The number of aliphatic hydroxyl groups is 1. The Morgan fingerprint density at radius 3 is 2.80 bits per heavy atom. The zero-order chi connectivity index (χ0) is 14.9. The number of hydrogen-bond donors (Lipinski definition) is 2. The highest BCUT2D eigenvalue weighted by molar-refractivity contribution is 5.95. The molecule has 1 aliphatic heterocycles. The number of carbonyl (C=O) groups excluding carboxylic acids is 1. The number of hydrogen-bond acceptors (Lipinski definition) is 3. The van der Waals surface area contributed by atoms with Crippen LogP contribution in [-0.2, 0) is 0 Å². The van der Waals surface area contributed by atoms with Gasteiger partial charge in [0.2, 0.25) is 0 Å². The Morgan fingerprint density at radius 2 is 2.10 bits per heavy atom. The summed E-state index contributed by atoms with van der Waals surface area (Å²) in [7, 11) is 0. The van der Waals surface area contributed by atoms with Gasteiger partial charge in [-0.25, -0.2) is 4.39 Å². The first-order valence-corrected chi connectivity index (χ1v) is 6.87. The number of amides is 1. The number of rotatable bonds is 1. The first-order chi connectivity index (χ1) is 9.30. The van der Waals surface area contributed by atoms with Gasteiger partial charge in [0.15, 0.2) is 0 Å². The normalized spacial score (nSPS) is 23.5. The molecule has 5 heteroatoms. The van der Waals surface area contributed by atoms with E-state index in [9.17, 15) is 14.3 Å². The molecule has 20 heavy (non-hydrogen) atoms. The molecule has 1 atom stereocenters. The molecule has 1 aliphatic rings. The first kappa shape index (κ1) is 14.8. The molecule has 1 aromatic rings. The first-order valence-electron chi connectivity index (χ1n) is 6.87. The maximum atomic E-state index is 14.1. The Hall–Kier alpha value is -1.62. The molecule has 0 bridgehead atoms. The Kier molecular flexibility index (Phi) is 3.99. The summed E-state index contributed by atoms with van der Waals surface area (Å²) >= 11 is 0. The van der Waals surface area contributed by atoms with E-state index in [1.54, 1.807) is 18.7 Å². The highest BCUT2D eigenvalue weighted by Crippen LogP contribution is 2.24. The van der Waals surface area contributed by atoms with E-state index in [1.807, 2.05) is 0 Å². The van der Waals surface area contributed by atoms with Crippen LogP contribution in [0.15, 0.2) is 12.1 Å². The molecule has 0 saturated carbocycles. The summed E-state index contributed by atoms with van der Waals surface area (Å²) in [4.78, 5) is 14.0. The summed E-state index contributed by atoms with van der Waals surface area (Å²) in [6.45, 7) is 4.32. The van der Waals surface area contributed by atoms with Gasteiger partial charge >= 0.3 is 0 Å². The lowest BCUT2D eigenvalue weighted by Gasteiger charge is -2.23. The van der Waals surface area contributed by atoms with Gasteiger partial charge in [0.25, 0.3) is 5.91 Å². The van der Waals surface area contributed by atoms with Crippen LogP contribution >= 0.6 is 0 Å². The maximum Gasteiger partial charge on any atom is 0.256 e. The van der Waals surface area contributed by atoms with Crippen molar-refractivity contribution in [2.45, 2.75) is 38.7 Å². The molecular weight excluding hydrogens is 259 g/mol. The van der Waals surface area contributed by atoms with E-state index in [-0.39, 0.29) is 11.5 Å². The van der Waals surface area contributed by atoms with Gasteiger partial charge in [-0.1, -0.05) is 0 Å². The smallest absolute Gasteiger partial charge is 0.256 e. The van der Waals surface area contributed by atoms with E-state index in [0.717, 1.165) is 0 Å². The van der Waals surface area contributed by atoms with Crippen LogP contribution in [0, 0.1) is 12.7 Å². The molecule has 0 aliphatic carbocycles. The predicted octanol–water partition coefficient (Wildman–Crippen LogP) is 2.09. The molecule has 1 fully saturated rings. The second-order valence-corrected chi connectivity index (χ2v) is 5.84. The quantitative estimate of drug-likeness (QED) is 0.774. The number of benzene rings is 1. The second-order valence-electron chi connectivity index (χ2n) is 5.84. The van der Waals surface area contributed by atoms with Gasteiger partial charge in [-0.3, -0.25) is 4.79 Å². The van der Waals surface area contributed by atoms with Gasteiger partial charge in [-0.15, -0.1) is 0 Å². The van der Waals surface area contributed by atoms with Crippen molar-refractivity contribution in [1.29, 1.82) is 0 Å².